The van der Waals surface area contributed by atoms with E-state index in [1.165, 1.54) is 0 Å². The smallest absolute Gasteiger partial charge is 0.00812 e. The third kappa shape index (κ3) is 6.51. The molecule has 0 saturated carbocycles. The van der Waals surface area contributed by atoms with Crippen molar-refractivity contribution >= 4 is 68.2 Å². The lowest BCUT2D eigenvalue weighted by Gasteiger charge is -1.73. The molecule has 0 bridgehead atoms. The zero-order chi connectivity index (χ0) is 4.12. The summed E-state index contributed by atoms with van der Waals surface area (Å²) < 4.78 is 0. The van der Waals surface area contributed by atoms with Crippen molar-refractivity contribution in [2.24, 2.45) is 0 Å². The van der Waals surface area contributed by atoms with Gasteiger partial charge in [-0.2, -0.15) is 0 Å². The summed E-state index contributed by atoms with van der Waals surface area (Å²) >= 11 is 4.48. The molecule has 0 N–H and O–H groups in total. The summed E-state index contributed by atoms with van der Waals surface area (Å²) in [7, 11) is 5.26. The van der Waals surface area contributed by atoms with E-state index in [-0.39, 0.29) is 0 Å². The minimum absolute atomic E-state index is 1.74. The van der Waals surface area contributed by atoms with E-state index in [0.29, 0.717) is 0 Å². The SMILES string of the molecule is ISSSI. The Bertz CT molecular complexity index is 12.4. The molecule has 0 aromatic heterocycles. The molecular weight excluding hydrogens is 350 g/mol. The van der Waals surface area contributed by atoms with E-state index in [4.69, 9.17) is 0 Å². The van der Waals surface area contributed by atoms with Gasteiger partial charge in [0, 0.05) is 42.4 Å². The summed E-state index contributed by atoms with van der Waals surface area (Å²) in [5.74, 6) is 0. The van der Waals surface area contributed by atoms with Gasteiger partial charge in [-0.15, -0.1) is 0 Å². The van der Waals surface area contributed by atoms with E-state index in [0.717, 1.165) is 0 Å². The predicted molar refractivity (Wildman–Crippen MR) is 50.8 cm³/mol. The lowest BCUT2D eigenvalue weighted by atomic mass is 30.6. The summed E-state index contributed by atoms with van der Waals surface area (Å²) in [5.41, 5.74) is 0. The molecule has 0 aliphatic rings. The first-order valence-electron chi connectivity index (χ1n) is 0.642. The predicted octanol–water partition coefficient (Wildman–Crippen LogP) is 3.72. The molecule has 5 heteroatoms. The van der Waals surface area contributed by atoms with Crippen molar-refractivity contribution in [3.63, 3.8) is 0 Å². The van der Waals surface area contributed by atoms with E-state index in [2.05, 4.69) is 42.4 Å². The van der Waals surface area contributed by atoms with Gasteiger partial charge in [0.1, 0.15) is 0 Å². The summed E-state index contributed by atoms with van der Waals surface area (Å²) in [6.07, 6.45) is 0. The van der Waals surface area contributed by atoms with E-state index in [9.17, 15) is 0 Å². The molecule has 0 nitrogen and oxygen atoms in total. The second-order valence-electron chi connectivity index (χ2n) is 0.194. The Hall–Kier alpha value is 2.51. The molecule has 0 saturated heterocycles. The third-order valence-electron chi connectivity index (χ3n) is 0.0514. The van der Waals surface area contributed by atoms with Crippen LogP contribution in [0.15, 0.2) is 0 Å². The summed E-state index contributed by atoms with van der Waals surface area (Å²) in [5, 5.41) is 0. The van der Waals surface area contributed by atoms with Crippen molar-refractivity contribution < 1.29 is 0 Å². The number of halogens is 2. The second kappa shape index (κ2) is 6.51. The van der Waals surface area contributed by atoms with Crippen LogP contribution in [0.5, 0.6) is 0 Å². The summed E-state index contributed by atoms with van der Waals surface area (Å²) in [4.78, 5) is 0. The van der Waals surface area contributed by atoms with Gasteiger partial charge >= 0.3 is 0 Å². The van der Waals surface area contributed by atoms with Crippen molar-refractivity contribution in [3.05, 3.63) is 0 Å². The molecular formula is I2S3. The van der Waals surface area contributed by atoms with Crippen LogP contribution in [0.2, 0.25) is 0 Å². The molecule has 0 aliphatic carbocycles. The highest BCUT2D eigenvalue weighted by molar-refractivity contribution is 14.2. The highest BCUT2D eigenvalue weighted by atomic mass is 127. The Morgan fingerprint density at radius 2 is 1.40 bits per heavy atom. The maximum atomic E-state index is 2.24. The molecule has 32 valence electrons. The third-order valence-corrected chi connectivity index (χ3v) is 9.32. The van der Waals surface area contributed by atoms with Gasteiger partial charge in [-0.05, 0) is 25.8 Å². The van der Waals surface area contributed by atoms with Gasteiger partial charge in [0.15, 0.2) is 0 Å². The van der Waals surface area contributed by atoms with Crippen molar-refractivity contribution in [2.75, 3.05) is 0 Å². The molecule has 0 aromatic carbocycles. The average molecular weight is 350 g/mol. The fraction of sp³-hybridized carbons (Fsp3) is 0. The highest BCUT2D eigenvalue weighted by Crippen LogP contribution is 2.43. The summed E-state index contributed by atoms with van der Waals surface area (Å²) in [6.45, 7) is 0. The van der Waals surface area contributed by atoms with Gasteiger partial charge < -0.3 is 0 Å². The van der Waals surface area contributed by atoms with Crippen LogP contribution in [0.4, 0.5) is 0 Å². The molecule has 0 atom stereocenters. The van der Waals surface area contributed by atoms with Gasteiger partial charge in [-0.3, -0.25) is 0 Å². The van der Waals surface area contributed by atoms with Crippen LogP contribution in [0, 0.1) is 0 Å². The fourth-order valence-corrected chi connectivity index (χ4v) is 11.8. The molecule has 0 rings (SSSR count). The van der Waals surface area contributed by atoms with E-state index in [1.807, 2.05) is 0 Å². The molecule has 0 spiro atoms. The van der Waals surface area contributed by atoms with Crippen molar-refractivity contribution in [2.45, 2.75) is 0 Å². The minimum Gasteiger partial charge on any atom is -0.00812 e. The maximum absolute atomic E-state index is 2.24. The molecule has 0 aromatic rings. The van der Waals surface area contributed by atoms with E-state index in [1.54, 1.807) is 25.8 Å². The first kappa shape index (κ1) is 7.51. The molecule has 0 amide bonds. The van der Waals surface area contributed by atoms with Crippen LogP contribution in [0.25, 0.3) is 0 Å². The van der Waals surface area contributed by atoms with Crippen LogP contribution in [0.1, 0.15) is 0 Å². The Kier molecular flexibility index (Phi) is 9.78. The Morgan fingerprint density at radius 1 is 1.00 bits per heavy atom. The largest absolute Gasteiger partial charge is 0.00947 e. The van der Waals surface area contributed by atoms with Gasteiger partial charge in [-0.25, -0.2) is 0 Å². The summed E-state index contributed by atoms with van der Waals surface area (Å²) in [6, 6.07) is 0. The molecule has 0 unspecified atom stereocenters. The molecule has 0 radical (unpaired) electrons. The fourth-order valence-electron chi connectivity index (χ4n) is 0.00972. The molecule has 0 fully saturated rings. The Morgan fingerprint density at radius 3 is 1.40 bits per heavy atom. The molecule has 0 aliphatic heterocycles. The number of hydrogen-bond acceptors (Lipinski definition) is 3. The van der Waals surface area contributed by atoms with Crippen LogP contribution in [-0.2, 0) is 0 Å². The maximum Gasteiger partial charge on any atom is 0.00947 e. The topological polar surface area (TPSA) is 0 Å². The zero-order valence-corrected chi connectivity index (χ0v) is 8.75. The van der Waals surface area contributed by atoms with E-state index < -0.39 is 0 Å². The van der Waals surface area contributed by atoms with Gasteiger partial charge in [0.25, 0.3) is 0 Å². The van der Waals surface area contributed by atoms with Gasteiger partial charge in [0.05, 0.1) is 0 Å². The second-order valence-corrected chi connectivity index (χ2v) is 9.44. The van der Waals surface area contributed by atoms with Crippen LogP contribution >= 0.6 is 68.2 Å². The van der Waals surface area contributed by atoms with Crippen molar-refractivity contribution in [1.82, 2.24) is 0 Å². The molecule has 5 heavy (non-hydrogen) atoms. The first-order chi connectivity index (χ1) is 2.41. The minimum atomic E-state index is 1.74. The highest BCUT2D eigenvalue weighted by Gasteiger charge is 1.73. The quantitative estimate of drug-likeness (QED) is 0.551. The van der Waals surface area contributed by atoms with Crippen LogP contribution in [0.3, 0.4) is 0 Å². The van der Waals surface area contributed by atoms with Gasteiger partial charge in [-0.1, -0.05) is 0 Å². The number of rotatable bonds is 2. The Balaban J connectivity index is 2.19. The van der Waals surface area contributed by atoms with E-state index >= 15 is 0 Å². The average Bonchev–Trinajstić information content (AvgIpc) is 1.41. The normalized spacial score (nSPS) is 8.40. The molecule has 0 heterocycles. The first-order valence-corrected chi connectivity index (χ1v) is 9.21. The van der Waals surface area contributed by atoms with Crippen molar-refractivity contribution in [3.8, 4) is 0 Å². The standard InChI is InChI=1S/I2S3/c1-3-5-4-2. The monoisotopic (exact) mass is 350 g/mol. The van der Waals surface area contributed by atoms with Gasteiger partial charge in [0.2, 0.25) is 0 Å². The lowest BCUT2D eigenvalue weighted by molar-refractivity contribution is 6.11. The van der Waals surface area contributed by atoms with Crippen molar-refractivity contribution in [1.29, 1.82) is 0 Å². The lowest BCUT2D eigenvalue weighted by Crippen LogP contribution is -1.05. The van der Waals surface area contributed by atoms with Crippen LogP contribution < -0.4 is 0 Å². The Labute approximate surface area is 67.0 Å². The number of hydrogen-bond donors (Lipinski definition) is 0. The zero-order valence-electron chi connectivity index (χ0n) is 1.98. The van der Waals surface area contributed by atoms with Crippen LogP contribution in [-0.4, -0.2) is 0 Å².